The van der Waals surface area contributed by atoms with E-state index in [1.807, 2.05) is 62.7 Å². The maximum absolute atomic E-state index is 4.44. The lowest BCUT2D eigenvalue weighted by molar-refractivity contribution is 0.655. The molecular formula is C20H26N4. The average Bonchev–Trinajstić information content (AvgIpc) is 2.57. The van der Waals surface area contributed by atoms with E-state index in [0.717, 1.165) is 48.7 Å². The van der Waals surface area contributed by atoms with Gasteiger partial charge >= 0.3 is 0 Å². The fourth-order valence-electron chi connectivity index (χ4n) is 2.35. The Balaban J connectivity index is 1.52. The lowest BCUT2D eigenvalue weighted by atomic mass is 10.2. The fourth-order valence-corrected chi connectivity index (χ4v) is 2.35. The molecule has 4 nitrogen and oxygen atoms in total. The summed E-state index contributed by atoms with van der Waals surface area (Å²) in [6.45, 7) is 5.72. The van der Waals surface area contributed by atoms with Crippen molar-refractivity contribution < 1.29 is 0 Å². The predicted octanol–water partition coefficient (Wildman–Crippen LogP) is 4.19. The van der Waals surface area contributed by atoms with Crippen LogP contribution in [0.4, 0.5) is 0 Å². The molecule has 4 heteroatoms. The van der Waals surface area contributed by atoms with E-state index in [4.69, 9.17) is 0 Å². The van der Waals surface area contributed by atoms with Crippen LogP contribution in [-0.2, 0) is 0 Å². The van der Waals surface area contributed by atoms with Gasteiger partial charge in [0.1, 0.15) is 0 Å². The van der Waals surface area contributed by atoms with E-state index in [1.165, 1.54) is 12.8 Å². The Labute approximate surface area is 144 Å². The quantitative estimate of drug-likeness (QED) is 0.513. The molecule has 0 aliphatic rings. The zero-order chi connectivity index (χ0) is 17.0. The van der Waals surface area contributed by atoms with Gasteiger partial charge in [0.25, 0.3) is 0 Å². The molecule has 0 spiro atoms. The van der Waals surface area contributed by atoms with Crippen molar-refractivity contribution in [1.82, 2.24) is 9.97 Å². The van der Waals surface area contributed by atoms with Gasteiger partial charge in [-0.05, 0) is 51.0 Å². The summed E-state index contributed by atoms with van der Waals surface area (Å²) in [5, 5.41) is 0. The third-order valence-corrected chi connectivity index (χ3v) is 3.59. The molecule has 0 aliphatic carbocycles. The largest absolute Gasteiger partial charge is 0.291 e. The number of aryl methyl sites for hydroxylation is 2. The van der Waals surface area contributed by atoms with Gasteiger partial charge in [0.15, 0.2) is 0 Å². The summed E-state index contributed by atoms with van der Waals surface area (Å²) in [6, 6.07) is 12.0. The zero-order valence-corrected chi connectivity index (χ0v) is 14.7. The summed E-state index contributed by atoms with van der Waals surface area (Å²) in [6.07, 6.45) is 8.35. The van der Waals surface area contributed by atoms with Gasteiger partial charge in [-0.1, -0.05) is 25.0 Å². The Kier molecular flexibility index (Phi) is 7.81. The molecule has 0 saturated carbocycles. The second-order valence-electron chi connectivity index (χ2n) is 5.89. The van der Waals surface area contributed by atoms with Crippen LogP contribution in [0.2, 0.25) is 0 Å². The number of aromatic nitrogens is 2. The molecule has 0 saturated heterocycles. The molecule has 0 unspecified atom stereocenters. The van der Waals surface area contributed by atoms with E-state index in [9.17, 15) is 0 Å². The van der Waals surface area contributed by atoms with Crippen LogP contribution in [0.15, 0.2) is 46.4 Å². The number of rotatable bonds is 9. The number of hydrogen-bond acceptors (Lipinski definition) is 4. The number of unbranched alkanes of at least 4 members (excludes halogenated alkanes) is 3. The summed E-state index contributed by atoms with van der Waals surface area (Å²) in [5.41, 5.74) is 3.93. The minimum absolute atomic E-state index is 0.867. The van der Waals surface area contributed by atoms with Gasteiger partial charge in [0.2, 0.25) is 0 Å². The van der Waals surface area contributed by atoms with E-state index in [-0.39, 0.29) is 0 Å². The molecule has 2 rings (SSSR count). The molecule has 0 bridgehead atoms. The van der Waals surface area contributed by atoms with Crippen molar-refractivity contribution in [3.63, 3.8) is 0 Å². The highest BCUT2D eigenvalue weighted by Crippen LogP contribution is 2.01. The molecule has 0 radical (unpaired) electrons. The summed E-state index contributed by atoms with van der Waals surface area (Å²) in [7, 11) is 0. The van der Waals surface area contributed by atoms with Gasteiger partial charge in [-0.25, -0.2) is 0 Å². The number of hydrogen-bond donors (Lipinski definition) is 0. The van der Waals surface area contributed by atoms with Gasteiger partial charge in [0.05, 0.1) is 11.4 Å². The molecule has 126 valence electrons. The SMILES string of the molecule is Cc1cccc(C=NCCCCCCN=Cc2cccc(C)n2)n1. The first kappa shape index (κ1) is 18.0. The van der Waals surface area contributed by atoms with Crippen molar-refractivity contribution in [3.8, 4) is 0 Å². The molecule has 2 heterocycles. The van der Waals surface area contributed by atoms with Crippen LogP contribution >= 0.6 is 0 Å². The van der Waals surface area contributed by atoms with E-state index >= 15 is 0 Å². The minimum atomic E-state index is 0.867. The molecule has 0 fully saturated rings. The molecule has 0 atom stereocenters. The predicted molar refractivity (Wildman–Crippen MR) is 101 cm³/mol. The molecule has 0 N–H and O–H groups in total. The van der Waals surface area contributed by atoms with Crippen molar-refractivity contribution in [2.45, 2.75) is 39.5 Å². The topological polar surface area (TPSA) is 50.5 Å². The highest BCUT2D eigenvalue weighted by Gasteiger charge is 1.92. The maximum Gasteiger partial charge on any atom is 0.0811 e. The number of nitrogens with zero attached hydrogens (tertiary/aromatic N) is 4. The van der Waals surface area contributed by atoms with E-state index in [0.29, 0.717) is 0 Å². The molecule has 2 aromatic heterocycles. The first-order valence-corrected chi connectivity index (χ1v) is 8.61. The van der Waals surface area contributed by atoms with Crippen LogP contribution in [0.5, 0.6) is 0 Å². The molecule has 24 heavy (non-hydrogen) atoms. The van der Waals surface area contributed by atoms with Crippen LogP contribution in [0.3, 0.4) is 0 Å². The van der Waals surface area contributed by atoms with Crippen molar-refractivity contribution in [2.24, 2.45) is 9.98 Å². The highest BCUT2D eigenvalue weighted by atomic mass is 14.8. The Hall–Kier alpha value is -2.36. The van der Waals surface area contributed by atoms with E-state index in [2.05, 4.69) is 20.0 Å². The average molecular weight is 322 g/mol. The van der Waals surface area contributed by atoms with Crippen molar-refractivity contribution in [3.05, 3.63) is 59.2 Å². The van der Waals surface area contributed by atoms with Gasteiger partial charge in [-0.2, -0.15) is 0 Å². The monoisotopic (exact) mass is 322 g/mol. The molecule has 0 amide bonds. The maximum atomic E-state index is 4.44. The van der Waals surface area contributed by atoms with Crippen molar-refractivity contribution in [2.75, 3.05) is 13.1 Å². The number of pyridine rings is 2. The molecule has 0 aromatic carbocycles. The van der Waals surface area contributed by atoms with Crippen LogP contribution in [0.1, 0.15) is 48.5 Å². The van der Waals surface area contributed by atoms with E-state index < -0.39 is 0 Å². The first-order chi connectivity index (χ1) is 11.7. The third-order valence-electron chi connectivity index (χ3n) is 3.59. The molecule has 0 aliphatic heterocycles. The van der Waals surface area contributed by atoms with Crippen LogP contribution in [0.25, 0.3) is 0 Å². The van der Waals surface area contributed by atoms with Gasteiger partial charge in [0, 0.05) is 36.9 Å². The van der Waals surface area contributed by atoms with Crippen LogP contribution in [0, 0.1) is 13.8 Å². The van der Waals surface area contributed by atoms with Crippen molar-refractivity contribution >= 4 is 12.4 Å². The summed E-state index contributed by atoms with van der Waals surface area (Å²) < 4.78 is 0. The van der Waals surface area contributed by atoms with Gasteiger partial charge < -0.3 is 0 Å². The zero-order valence-electron chi connectivity index (χ0n) is 14.7. The fraction of sp³-hybridized carbons (Fsp3) is 0.400. The first-order valence-electron chi connectivity index (χ1n) is 8.61. The standard InChI is InChI=1S/C20H26N4/c1-17-9-7-11-19(23-17)15-21-13-5-3-4-6-14-22-16-20-12-8-10-18(2)24-20/h7-12,15-16H,3-6,13-14H2,1-2H3. The third kappa shape index (κ3) is 7.27. The molecule has 2 aromatic rings. The van der Waals surface area contributed by atoms with Gasteiger partial charge in [-0.15, -0.1) is 0 Å². The smallest absolute Gasteiger partial charge is 0.0811 e. The summed E-state index contributed by atoms with van der Waals surface area (Å²) in [4.78, 5) is 17.7. The number of aliphatic imine (C=N–C) groups is 2. The van der Waals surface area contributed by atoms with E-state index in [1.54, 1.807) is 0 Å². The normalized spacial score (nSPS) is 11.6. The van der Waals surface area contributed by atoms with Crippen molar-refractivity contribution in [1.29, 1.82) is 0 Å². The Morgan fingerprint density at radius 3 is 1.58 bits per heavy atom. The molecular weight excluding hydrogens is 296 g/mol. The second kappa shape index (κ2) is 10.4. The Morgan fingerprint density at radius 1 is 0.708 bits per heavy atom. The van der Waals surface area contributed by atoms with Gasteiger partial charge in [-0.3, -0.25) is 20.0 Å². The van der Waals surface area contributed by atoms with Crippen LogP contribution < -0.4 is 0 Å². The lowest BCUT2D eigenvalue weighted by Crippen LogP contribution is -1.92. The highest BCUT2D eigenvalue weighted by molar-refractivity contribution is 5.77. The summed E-state index contributed by atoms with van der Waals surface area (Å²) in [5.74, 6) is 0. The van der Waals surface area contributed by atoms with Crippen LogP contribution in [-0.4, -0.2) is 35.5 Å². The second-order valence-corrected chi connectivity index (χ2v) is 5.89. The Bertz CT molecular complexity index is 617. The lowest BCUT2D eigenvalue weighted by Gasteiger charge is -1.98. The summed E-state index contributed by atoms with van der Waals surface area (Å²) >= 11 is 0. The Morgan fingerprint density at radius 2 is 1.17 bits per heavy atom. The minimum Gasteiger partial charge on any atom is -0.291 e.